The minimum Gasteiger partial charge on any atom is -0.379 e. The summed E-state index contributed by atoms with van der Waals surface area (Å²) in [5.74, 6) is -0.00424. The molecule has 2 fully saturated rings. The summed E-state index contributed by atoms with van der Waals surface area (Å²) >= 11 is 0. The van der Waals surface area contributed by atoms with Gasteiger partial charge in [-0.15, -0.1) is 0 Å². The average molecular weight is 465 g/mol. The first-order valence-corrected chi connectivity index (χ1v) is 13.3. The topological polar surface area (TPSA) is 82.2 Å². The zero-order valence-electron chi connectivity index (χ0n) is 19.1. The van der Waals surface area contributed by atoms with Crippen LogP contribution < -0.4 is 5.32 Å². The SMILES string of the molecule is CN1CCC(N(CCCN2CCOCC2)S(=O)(=O)c2ccc3c(c2)CCCC(=O)N3)CC1. The molecule has 1 amide bonds. The molecule has 0 atom stereocenters. The number of morpholine rings is 1. The summed E-state index contributed by atoms with van der Waals surface area (Å²) in [4.78, 5) is 16.8. The zero-order chi connectivity index (χ0) is 22.6. The summed E-state index contributed by atoms with van der Waals surface area (Å²) < 4.78 is 34.8. The number of sulfonamides is 1. The predicted molar refractivity (Wildman–Crippen MR) is 124 cm³/mol. The van der Waals surface area contributed by atoms with Crippen molar-refractivity contribution in [2.24, 2.45) is 0 Å². The zero-order valence-corrected chi connectivity index (χ0v) is 19.9. The van der Waals surface area contributed by atoms with Crippen molar-refractivity contribution in [1.29, 1.82) is 0 Å². The van der Waals surface area contributed by atoms with Gasteiger partial charge in [-0.2, -0.15) is 4.31 Å². The first kappa shape index (κ1) is 23.6. The van der Waals surface area contributed by atoms with E-state index in [1.54, 1.807) is 22.5 Å². The van der Waals surface area contributed by atoms with E-state index in [4.69, 9.17) is 4.74 Å². The number of nitrogens with zero attached hydrogens (tertiary/aromatic N) is 3. The first-order chi connectivity index (χ1) is 15.4. The van der Waals surface area contributed by atoms with Crippen LogP contribution in [0.15, 0.2) is 23.1 Å². The number of nitrogens with one attached hydrogen (secondary N) is 1. The number of benzene rings is 1. The highest BCUT2D eigenvalue weighted by molar-refractivity contribution is 7.89. The number of anilines is 1. The molecule has 3 heterocycles. The first-order valence-electron chi connectivity index (χ1n) is 11.9. The molecule has 0 spiro atoms. The maximum absolute atomic E-state index is 13.8. The normalized spacial score (nSPS) is 21.9. The van der Waals surface area contributed by atoms with Crippen LogP contribution in [0.5, 0.6) is 0 Å². The monoisotopic (exact) mass is 464 g/mol. The molecule has 4 rings (SSSR count). The van der Waals surface area contributed by atoms with Crippen LogP contribution in [0.1, 0.15) is 37.7 Å². The summed E-state index contributed by atoms with van der Waals surface area (Å²) in [6, 6.07) is 5.22. The number of piperidine rings is 1. The Kier molecular flexibility index (Phi) is 7.83. The molecule has 9 heteroatoms. The summed E-state index contributed by atoms with van der Waals surface area (Å²) in [6.45, 7) is 6.58. The van der Waals surface area contributed by atoms with E-state index in [9.17, 15) is 13.2 Å². The van der Waals surface area contributed by atoms with E-state index < -0.39 is 10.0 Å². The van der Waals surface area contributed by atoms with E-state index in [0.29, 0.717) is 24.3 Å². The highest BCUT2D eigenvalue weighted by atomic mass is 32.2. The lowest BCUT2D eigenvalue weighted by Crippen LogP contribution is -2.47. The molecule has 3 aliphatic rings. The Morgan fingerprint density at radius 2 is 1.88 bits per heavy atom. The van der Waals surface area contributed by atoms with Crippen molar-refractivity contribution in [2.75, 3.05) is 64.8 Å². The molecule has 0 bridgehead atoms. The van der Waals surface area contributed by atoms with Gasteiger partial charge in [0, 0.05) is 37.8 Å². The lowest BCUT2D eigenvalue weighted by atomic mass is 10.1. The van der Waals surface area contributed by atoms with Gasteiger partial charge in [0.1, 0.15) is 0 Å². The Morgan fingerprint density at radius 3 is 2.62 bits per heavy atom. The van der Waals surface area contributed by atoms with Crippen LogP contribution in [0.3, 0.4) is 0 Å². The number of carbonyl (C=O) groups excluding carboxylic acids is 1. The molecule has 3 aliphatic heterocycles. The van der Waals surface area contributed by atoms with Crippen molar-refractivity contribution in [2.45, 2.75) is 49.5 Å². The molecule has 0 saturated carbocycles. The molecular formula is C23H36N4O4S. The molecule has 1 N–H and O–H groups in total. The van der Waals surface area contributed by atoms with Gasteiger partial charge in [-0.05, 0) is 82.5 Å². The molecule has 8 nitrogen and oxygen atoms in total. The van der Waals surface area contributed by atoms with Gasteiger partial charge in [0.25, 0.3) is 0 Å². The lowest BCUT2D eigenvalue weighted by molar-refractivity contribution is -0.116. The molecule has 1 aromatic carbocycles. The number of amides is 1. The number of ether oxygens (including phenoxy) is 1. The number of rotatable bonds is 7. The fourth-order valence-electron chi connectivity index (χ4n) is 4.90. The maximum Gasteiger partial charge on any atom is 0.243 e. The van der Waals surface area contributed by atoms with E-state index in [2.05, 4.69) is 22.2 Å². The fourth-order valence-corrected chi connectivity index (χ4v) is 6.68. The Morgan fingerprint density at radius 1 is 1.12 bits per heavy atom. The van der Waals surface area contributed by atoms with Crippen molar-refractivity contribution >= 4 is 21.6 Å². The van der Waals surface area contributed by atoms with Crippen LogP contribution in [0, 0.1) is 0 Å². The molecule has 0 aromatic heterocycles. The molecule has 1 aromatic rings. The van der Waals surface area contributed by atoms with E-state index in [1.165, 1.54) is 0 Å². The van der Waals surface area contributed by atoms with Gasteiger partial charge in [-0.3, -0.25) is 9.69 Å². The van der Waals surface area contributed by atoms with Gasteiger partial charge in [0.05, 0.1) is 18.1 Å². The summed E-state index contributed by atoms with van der Waals surface area (Å²) in [6.07, 6.45) is 4.44. The quantitative estimate of drug-likeness (QED) is 0.662. The van der Waals surface area contributed by atoms with Crippen LogP contribution >= 0.6 is 0 Å². The minimum atomic E-state index is -3.62. The van der Waals surface area contributed by atoms with E-state index in [-0.39, 0.29) is 11.9 Å². The number of aryl methyl sites for hydroxylation is 1. The number of hydrogen-bond acceptors (Lipinski definition) is 6. The highest BCUT2D eigenvalue weighted by Gasteiger charge is 2.33. The molecule has 0 aliphatic carbocycles. The number of carbonyl (C=O) groups is 1. The van der Waals surface area contributed by atoms with Gasteiger partial charge in [0.15, 0.2) is 0 Å². The van der Waals surface area contributed by atoms with Crippen molar-refractivity contribution in [3.8, 4) is 0 Å². The molecule has 0 unspecified atom stereocenters. The molecule has 178 valence electrons. The highest BCUT2D eigenvalue weighted by Crippen LogP contribution is 2.29. The van der Waals surface area contributed by atoms with Crippen molar-refractivity contribution < 1.29 is 17.9 Å². The molecular weight excluding hydrogens is 428 g/mol. The van der Waals surface area contributed by atoms with Crippen LogP contribution in [0.4, 0.5) is 5.69 Å². The maximum atomic E-state index is 13.8. The third-order valence-corrected chi connectivity index (χ3v) is 8.81. The van der Waals surface area contributed by atoms with Gasteiger partial charge in [-0.1, -0.05) is 0 Å². The van der Waals surface area contributed by atoms with Crippen molar-refractivity contribution in [3.05, 3.63) is 23.8 Å². The third kappa shape index (κ3) is 5.69. The average Bonchev–Trinajstić information content (AvgIpc) is 2.98. The summed E-state index contributed by atoms with van der Waals surface area (Å²) in [7, 11) is -1.53. The van der Waals surface area contributed by atoms with Crippen LogP contribution in [0.2, 0.25) is 0 Å². The third-order valence-electron chi connectivity index (χ3n) is 6.86. The second-order valence-electron chi connectivity index (χ2n) is 9.18. The van der Waals surface area contributed by atoms with E-state index >= 15 is 0 Å². The Hall–Kier alpha value is -1.52. The Bertz CT molecular complexity index is 893. The Balaban J connectivity index is 1.53. The summed E-state index contributed by atoms with van der Waals surface area (Å²) in [5.41, 5.74) is 1.65. The van der Waals surface area contributed by atoms with E-state index in [1.807, 2.05) is 0 Å². The molecule has 32 heavy (non-hydrogen) atoms. The van der Waals surface area contributed by atoms with Crippen LogP contribution in [-0.2, 0) is 26.0 Å². The van der Waals surface area contributed by atoms with Gasteiger partial charge in [0.2, 0.25) is 15.9 Å². The number of fused-ring (bicyclic) bond motifs is 1. The standard InChI is InChI=1S/C23H36N4O4S/c1-25-12-8-20(9-13-25)27(11-3-10-26-14-16-31-17-15-26)32(29,30)21-6-7-22-19(18-21)4-2-5-23(28)24-22/h6-7,18,20H,2-5,8-17H2,1H3,(H,24,28). The lowest BCUT2D eigenvalue weighted by Gasteiger charge is -2.37. The van der Waals surface area contributed by atoms with Crippen molar-refractivity contribution in [3.63, 3.8) is 0 Å². The number of likely N-dealkylation sites (tertiary alicyclic amines) is 1. The largest absolute Gasteiger partial charge is 0.379 e. The predicted octanol–water partition coefficient (Wildman–Crippen LogP) is 1.77. The minimum absolute atomic E-state index is 0.00424. The van der Waals surface area contributed by atoms with Gasteiger partial charge in [-0.25, -0.2) is 8.42 Å². The van der Waals surface area contributed by atoms with Crippen LogP contribution in [0.25, 0.3) is 0 Å². The second kappa shape index (κ2) is 10.6. The summed E-state index contributed by atoms with van der Waals surface area (Å²) in [5, 5.41) is 2.90. The second-order valence-corrected chi connectivity index (χ2v) is 11.1. The van der Waals surface area contributed by atoms with Crippen molar-refractivity contribution in [1.82, 2.24) is 14.1 Å². The van der Waals surface area contributed by atoms with Gasteiger partial charge >= 0.3 is 0 Å². The van der Waals surface area contributed by atoms with Crippen LogP contribution in [-0.4, -0.2) is 94.0 Å². The van der Waals surface area contributed by atoms with E-state index in [0.717, 1.165) is 82.9 Å². The fraction of sp³-hybridized carbons (Fsp3) is 0.696. The molecule has 0 radical (unpaired) electrons. The number of hydrogen-bond donors (Lipinski definition) is 1. The smallest absolute Gasteiger partial charge is 0.243 e. The Labute approximate surface area is 191 Å². The van der Waals surface area contributed by atoms with Gasteiger partial charge < -0.3 is 15.0 Å². The molecule has 2 saturated heterocycles.